The van der Waals surface area contributed by atoms with Gasteiger partial charge in [-0.15, -0.1) is 0 Å². The second kappa shape index (κ2) is 3.88. The van der Waals surface area contributed by atoms with E-state index in [1.54, 1.807) is 0 Å². The van der Waals surface area contributed by atoms with E-state index < -0.39 is 0 Å². The van der Waals surface area contributed by atoms with Crippen molar-refractivity contribution in [3.63, 3.8) is 0 Å². The Hall–Kier alpha value is -1.22. The molecular weight excluding hydrogens is 174 g/mol. The van der Waals surface area contributed by atoms with Gasteiger partial charge < -0.3 is 16.4 Å². The van der Waals surface area contributed by atoms with Crippen molar-refractivity contribution in [1.82, 2.24) is 0 Å². The van der Waals surface area contributed by atoms with Crippen molar-refractivity contribution >= 4 is 11.4 Å². The Bertz CT molecular complexity index is 311. The Kier molecular flexibility index (Phi) is 2.59. The molecule has 0 bridgehead atoms. The monoisotopic (exact) mass is 191 g/mol. The highest BCUT2D eigenvalue weighted by Gasteiger charge is 2.22. The summed E-state index contributed by atoms with van der Waals surface area (Å²) >= 11 is 0. The van der Waals surface area contributed by atoms with E-state index in [1.165, 1.54) is 6.42 Å². The van der Waals surface area contributed by atoms with Crippen LogP contribution in [0.25, 0.3) is 0 Å². The molecule has 0 unspecified atom stereocenters. The molecule has 1 aliphatic heterocycles. The average molecular weight is 191 g/mol. The minimum atomic E-state index is 0.634. The Morgan fingerprint density at radius 1 is 1.36 bits per heavy atom. The molecule has 0 aliphatic carbocycles. The number of para-hydroxylation sites is 2. The van der Waals surface area contributed by atoms with Crippen LogP contribution in [0.4, 0.5) is 11.4 Å². The Labute approximate surface area is 84.7 Å². The molecule has 0 radical (unpaired) electrons. The Morgan fingerprint density at radius 2 is 2.14 bits per heavy atom. The van der Waals surface area contributed by atoms with Crippen LogP contribution in [-0.4, -0.2) is 19.6 Å². The van der Waals surface area contributed by atoms with Gasteiger partial charge in [-0.2, -0.15) is 0 Å². The number of anilines is 2. The quantitative estimate of drug-likeness (QED) is 0.687. The SMILES string of the molecule is NC[C@@H]1CCN(c2ccccc2N)C1. The second-order valence-electron chi connectivity index (χ2n) is 3.90. The average Bonchev–Trinajstić information content (AvgIpc) is 2.67. The third kappa shape index (κ3) is 1.68. The molecule has 1 heterocycles. The molecular formula is C11H17N3. The fourth-order valence-corrected chi connectivity index (χ4v) is 2.02. The zero-order valence-electron chi connectivity index (χ0n) is 8.32. The van der Waals surface area contributed by atoms with Crippen molar-refractivity contribution < 1.29 is 0 Å². The molecule has 1 atom stereocenters. The number of nitrogen functional groups attached to an aromatic ring is 1. The first-order valence-electron chi connectivity index (χ1n) is 5.11. The third-order valence-electron chi connectivity index (χ3n) is 2.90. The Balaban J connectivity index is 2.13. The van der Waals surface area contributed by atoms with Crippen molar-refractivity contribution in [2.24, 2.45) is 11.7 Å². The molecule has 76 valence electrons. The predicted octanol–water partition coefficient (Wildman–Crippen LogP) is 1.05. The van der Waals surface area contributed by atoms with Gasteiger partial charge in [0.25, 0.3) is 0 Å². The molecule has 3 nitrogen and oxygen atoms in total. The molecule has 1 saturated heterocycles. The first kappa shape index (κ1) is 9.34. The molecule has 1 aromatic carbocycles. The van der Waals surface area contributed by atoms with E-state index in [0.29, 0.717) is 5.92 Å². The van der Waals surface area contributed by atoms with Crippen molar-refractivity contribution in [1.29, 1.82) is 0 Å². The highest BCUT2D eigenvalue weighted by Crippen LogP contribution is 2.27. The maximum atomic E-state index is 5.91. The molecule has 2 rings (SSSR count). The highest BCUT2D eigenvalue weighted by atomic mass is 15.2. The van der Waals surface area contributed by atoms with Crippen molar-refractivity contribution in [3.8, 4) is 0 Å². The summed E-state index contributed by atoms with van der Waals surface area (Å²) in [6.07, 6.45) is 1.19. The summed E-state index contributed by atoms with van der Waals surface area (Å²) in [5.41, 5.74) is 13.6. The summed E-state index contributed by atoms with van der Waals surface area (Å²) in [6.45, 7) is 2.91. The molecule has 1 aliphatic rings. The van der Waals surface area contributed by atoms with Gasteiger partial charge >= 0.3 is 0 Å². The third-order valence-corrected chi connectivity index (χ3v) is 2.90. The van der Waals surface area contributed by atoms with Gasteiger partial charge in [0.1, 0.15) is 0 Å². The lowest BCUT2D eigenvalue weighted by Crippen LogP contribution is -2.23. The number of hydrogen-bond acceptors (Lipinski definition) is 3. The standard InChI is InChI=1S/C11H17N3/c12-7-9-5-6-14(8-9)11-4-2-1-3-10(11)13/h1-4,9H,5-8,12-13H2/t9-/m0/s1. The van der Waals surface area contributed by atoms with Crippen molar-refractivity contribution in [2.45, 2.75) is 6.42 Å². The van der Waals surface area contributed by atoms with Gasteiger partial charge in [-0.3, -0.25) is 0 Å². The van der Waals surface area contributed by atoms with E-state index in [0.717, 1.165) is 31.0 Å². The first-order valence-corrected chi connectivity index (χ1v) is 5.11. The smallest absolute Gasteiger partial charge is 0.0600 e. The van der Waals surface area contributed by atoms with Crippen LogP contribution in [0.15, 0.2) is 24.3 Å². The molecule has 0 amide bonds. The number of hydrogen-bond donors (Lipinski definition) is 2. The van der Waals surface area contributed by atoms with Crippen molar-refractivity contribution in [3.05, 3.63) is 24.3 Å². The maximum Gasteiger partial charge on any atom is 0.0600 e. The summed E-state index contributed by atoms with van der Waals surface area (Å²) in [7, 11) is 0. The molecule has 3 heteroatoms. The predicted molar refractivity (Wildman–Crippen MR) is 60.2 cm³/mol. The minimum Gasteiger partial charge on any atom is -0.397 e. The molecule has 0 spiro atoms. The van der Waals surface area contributed by atoms with Crippen LogP contribution in [0, 0.1) is 5.92 Å². The van der Waals surface area contributed by atoms with Crippen LogP contribution in [0.2, 0.25) is 0 Å². The van der Waals surface area contributed by atoms with Gasteiger partial charge in [-0.25, -0.2) is 0 Å². The van der Waals surface area contributed by atoms with Gasteiger partial charge in [-0.1, -0.05) is 12.1 Å². The first-order chi connectivity index (χ1) is 6.81. The summed E-state index contributed by atoms with van der Waals surface area (Å²) in [4.78, 5) is 2.33. The van der Waals surface area contributed by atoms with Gasteiger partial charge in [0.15, 0.2) is 0 Å². The largest absolute Gasteiger partial charge is 0.397 e. The van der Waals surface area contributed by atoms with Crippen LogP contribution >= 0.6 is 0 Å². The zero-order valence-corrected chi connectivity index (χ0v) is 8.32. The van der Waals surface area contributed by atoms with E-state index in [-0.39, 0.29) is 0 Å². The van der Waals surface area contributed by atoms with Crippen LogP contribution in [0.5, 0.6) is 0 Å². The van der Waals surface area contributed by atoms with Crippen LogP contribution in [-0.2, 0) is 0 Å². The fourth-order valence-electron chi connectivity index (χ4n) is 2.02. The fraction of sp³-hybridized carbons (Fsp3) is 0.455. The summed E-state index contributed by atoms with van der Waals surface area (Å²) in [5, 5.41) is 0. The highest BCUT2D eigenvalue weighted by molar-refractivity contribution is 5.67. The van der Waals surface area contributed by atoms with E-state index >= 15 is 0 Å². The second-order valence-corrected chi connectivity index (χ2v) is 3.90. The minimum absolute atomic E-state index is 0.634. The normalized spacial score (nSPS) is 21.5. The number of nitrogens with zero attached hydrogens (tertiary/aromatic N) is 1. The zero-order chi connectivity index (χ0) is 9.97. The van der Waals surface area contributed by atoms with Crippen molar-refractivity contribution in [2.75, 3.05) is 30.3 Å². The molecule has 0 saturated carbocycles. The maximum absolute atomic E-state index is 5.91. The topological polar surface area (TPSA) is 55.3 Å². The Morgan fingerprint density at radius 3 is 2.79 bits per heavy atom. The summed E-state index contributed by atoms with van der Waals surface area (Å²) in [6, 6.07) is 8.02. The van der Waals surface area contributed by atoms with Gasteiger partial charge in [0.2, 0.25) is 0 Å². The molecule has 0 aromatic heterocycles. The molecule has 14 heavy (non-hydrogen) atoms. The summed E-state index contributed by atoms with van der Waals surface area (Å²) < 4.78 is 0. The van der Waals surface area contributed by atoms with Gasteiger partial charge in [-0.05, 0) is 31.0 Å². The molecule has 4 N–H and O–H groups in total. The molecule has 1 aromatic rings. The lowest BCUT2D eigenvalue weighted by Gasteiger charge is -2.20. The van der Waals surface area contributed by atoms with E-state index in [9.17, 15) is 0 Å². The summed E-state index contributed by atoms with van der Waals surface area (Å²) in [5.74, 6) is 0.634. The number of nitrogens with two attached hydrogens (primary N) is 2. The lowest BCUT2D eigenvalue weighted by atomic mass is 10.1. The van der Waals surface area contributed by atoms with E-state index in [4.69, 9.17) is 11.5 Å². The van der Waals surface area contributed by atoms with Gasteiger partial charge in [0, 0.05) is 13.1 Å². The van der Waals surface area contributed by atoms with Crippen LogP contribution in [0.3, 0.4) is 0 Å². The van der Waals surface area contributed by atoms with E-state index in [2.05, 4.69) is 11.0 Å². The van der Waals surface area contributed by atoms with Gasteiger partial charge in [0.05, 0.1) is 11.4 Å². The lowest BCUT2D eigenvalue weighted by molar-refractivity contribution is 0.603. The van der Waals surface area contributed by atoms with Crippen LogP contribution in [0.1, 0.15) is 6.42 Å². The number of benzene rings is 1. The van der Waals surface area contributed by atoms with Crippen LogP contribution < -0.4 is 16.4 Å². The molecule has 1 fully saturated rings. The van der Waals surface area contributed by atoms with E-state index in [1.807, 2.05) is 18.2 Å². The number of rotatable bonds is 2.